The smallest absolute Gasteiger partial charge is 0.0795 e. The molecule has 1 fully saturated rings. The third-order valence-electron chi connectivity index (χ3n) is 2.91. The van der Waals surface area contributed by atoms with Crippen LogP contribution in [0, 0.1) is 5.92 Å². The molecule has 0 bridgehead atoms. The number of nitrogens with two attached hydrogens (primary N) is 1. The quantitative estimate of drug-likeness (QED) is 0.820. The Bertz CT molecular complexity index is 252. The van der Waals surface area contributed by atoms with Crippen molar-refractivity contribution < 1.29 is 0 Å². The molecule has 0 unspecified atom stereocenters. The molecule has 1 aromatic heterocycles. The first-order valence-corrected chi connectivity index (χ1v) is 6.12. The molecule has 1 aliphatic rings. The highest BCUT2D eigenvalue weighted by Gasteiger charge is 2.18. The van der Waals surface area contributed by atoms with Gasteiger partial charge in [0.15, 0.2) is 0 Å². The second kappa shape index (κ2) is 4.87. The van der Waals surface area contributed by atoms with Gasteiger partial charge in [0.2, 0.25) is 0 Å². The summed E-state index contributed by atoms with van der Waals surface area (Å²) in [6.45, 7) is 4.23. The summed E-state index contributed by atoms with van der Waals surface area (Å²) < 4.78 is 0. The minimum absolute atomic E-state index is 0.752. The topological polar surface area (TPSA) is 42.1 Å². The van der Waals surface area contributed by atoms with Gasteiger partial charge in [-0.25, -0.2) is 4.98 Å². The van der Waals surface area contributed by atoms with E-state index >= 15 is 0 Å². The second-order valence-corrected chi connectivity index (χ2v) is 4.65. The van der Waals surface area contributed by atoms with E-state index in [0.717, 1.165) is 19.0 Å². The Morgan fingerprint density at radius 3 is 2.86 bits per heavy atom. The predicted molar refractivity (Wildman–Crippen MR) is 59.2 cm³/mol. The van der Waals surface area contributed by atoms with Crippen LogP contribution in [0.4, 0.5) is 0 Å². The van der Waals surface area contributed by atoms with Crippen LogP contribution in [0.5, 0.6) is 0 Å². The maximum absolute atomic E-state index is 5.66. The minimum atomic E-state index is 0.752. The molecule has 1 aromatic rings. The Morgan fingerprint density at radius 1 is 1.50 bits per heavy atom. The summed E-state index contributed by atoms with van der Waals surface area (Å²) >= 11 is 1.68. The lowest BCUT2D eigenvalue weighted by atomic mass is 9.97. The lowest BCUT2D eigenvalue weighted by molar-refractivity contribution is 0.179. The van der Waals surface area contributed by atoms with Gasteiger partial charge in [0.05, 0.1) is 11.2 Å². The van der Waals surface area contributed by atoms with E-state index < -0.39 is 0 Å². The number of piperidine rings is 1. The number of thiazole rings is 1. The fourth-order valence-electron chi connectivity index (χ4n) is 1.92. The van der Waals surface area contributed by atoms with Crippen LogP contribution >= 0.6 is 11.3 Å². The van der Waals surface area contributed by atoms with Gasteiger partial charge in [0.1, 0.15) is 0 Å². The molecule has 14 heavy (non-hydrogen) atoms. The highest BCUT2D eigenvalue weighted by atomic mass is 32.1. The number of hydrogen-bond donors (Lipinski definition) is 1. The maximum Gasteiger partial charge on any atom is 0.0795 e. The normalized spacial score (nSPS) is 20.1. The number of rotatable bonds is 3. The van der Waals surface area contributed by atoms with Gasteiger partial charge in [0.25, 0.3) is 0 Å². The SMILES string of the molecule is NCC1CCN(Cc2cscn2)CC1. The zero-order valence-corrected chi connectivity index (χ0v) is 9.17. The van der Waals surface area contributed by atoms with Gasteiger partial charge in [-0.2, -0.15) is 0 Å². The van der Waals surface area contributed by atoms with Gasteiger partial charge in [-0.3, -0.25) is 4.90 Å². The summed E-state index contributed by atoms with van der Waals surface area (Å²) in [6, 6.07) is 0. The number of aromatic nitrogens is 1. The lowest BCUT2D eigenvalue weighted by Crippen LogP contribution is -2.35. The molecule has 0 aliphatic carbocycles. The van der Waals surface area contributed by atoms with E-state index in [1.807, 2.05) is 5.51 Å². The lowest BCUT2D eigenvalue weighted by Gasteiger charge is -2.30. The number of hydrogen-bond acceptors (Lipinski definition) is 4. The zero-order chi connectivity index (χ0) is 9.80. The molecule has 2 N–H and O–H groups in total. The first-order chi connectivity index (χ1) is 6.88. The Balaban J connectivity index is 1.79. The first kappa shape index (κ1) is 10.1. The van der Waals surface area contributed by atoms with Gasteiger partial charge in [-0.1, -0.05) is 0 Å². The van der Waals surface area contributed by atoms with Crippen LogP contribution in [0.2, 0.25) is 0 Å². The standard InChI is InChI=1S/C10H17N3S/c11-5-9-1-3-13(4-2-9)6-10-7-14-8-12-10/h7-9H,1-6,11H2. The van der Waals surface area contributed by atoms with Crippen molar-refractivity contribution >= 4 is 11.3 Å². The molecule has 0 radical (unpaired) electrons. The van der Waals surface area contributed by atoms with Crippen molar-refractivity contribution in [1.82, 2.24) is 9.88 Å². The fourth-order valence-corrected chi connectivity index (χ4v) is 2.47. The highest BCUT2D eigenvalue weighted by Crippen LogP contribution is 2.17. The zero-order valence-electron chi connectivity index (χ0n) is 8.35. The van der Waals surface area contributed by atoms with E-state index in [1.54, 1.807) is 11.3 Å². The summed E-state index contributed by atoms with van der Waals surface area (Å²) in [4.78, 5) is 6.78. The molecule has 3 nitrogen and oxygen atoms in total. The van der Waals surface area contributed by atoms with Crippen LogP contribution in [-0.4, -0.2) is 29.5 Å². The average molecular weight is 211 g/mol. The predicted octanol–water partition coefficient (Wildman–Crippen LogP) is 1.31. The minimum Gasteiger partial charge on any atom is -0.330 e. The summed E-state index contributed by atoms with van der Waals surface area (Å²) in [5, 5.41) is 2.13. The molecule has 1 saturated heterocycles. The van der Waals surface area contributed by atoms with E-state index in [9.17, 15) is 0 Å². The van der Waals surface area contributed by atoms with Crippen LogP contribution in [0.25, 0.3) is 0 Å². The molecule has 78 valence electrons. The molecule has 0 atom stereocenters. The van der Waals surface area contributed by atoms with Gasteiger partial charge < -0.3 is 5.73 Å². The Kier molecular flexibility index (Phi) is 3.50. The van der Waals surface area contributed by atoms with Crippen LogP contribution < -0.4 is 5.73 Å². The summed E-state index contributed by atoms with van der Waals surface area (Å²) in [5.41, 5.74) is 8.77. The van der Waals surface area contributed by atoms with E-state index in [2.05, 4.69) is 15.3 Å². The number of nitrogens with zero attached hydrogens (tertiary/aromatic N) is 2. The van der Waals surface area contributed by atoms with Crippen molar-refractivity contribution in [2.45, 2.75) is 19.4 Å². The van der Waals surface area contributed by atoms with Crippen molar-refractivity contribution in [3.8, 4) is 0 Å². The Hall–Kier alpha value is -0.450. The van der Waals surface area contributed by atoms with Crippen molar-refractivity contribution in [2.75, 3.05) is 19.6 Å². The van der Waals surface area contributed by atoms with Crippen LogP contribution in [0.1, 0.15) is 18.5 Å². The van der Waals surface area contributed by atoms with E-state index in [1.165, 1.54) is 31.6 Å². The van der Waals surface area contributed by atoms with Crippen LogP contribution in [0.15, 0.2) is 10.9 Å². The Morgan fingerprint density at radius 2 is 2.29 bits per heavy atom. The van der Waals surface area contributed by atoms with Crippen molar-refractivity contribution in [3.63, 3.8) is 0 Å². The summed E-state index contributed by atoms with van der Waals surface area (Å²) in [5.74, 6) is 0.752. The highest BCUT2D eigenvalue weighted by molar-refractivity contribution is 7.07. The van der Waals surface area contributed by atoms with E-state index in [-0.39, 0.29) is 0 Å². The van der Waals surface area contributed by atoms with E-state index in [0.29, 0.717) is 0 Å². The largest absolute Gasteiger partial charge is 0.330 e. The van der Waals surface area contributed by atoms with Crippen molar-refractivity contribution in [3.05, 3.63) is 16.6 Å². The summed E-state index contributed by atoms with van der Waals surface area (Å²) in [7, 11) is 0. The molecule has 2 heterocycles. The molecule has 0 aromatic carbocycles. The molecule has 4 heteroatoms. The fraction of sp³-hybridized carbons (Fsp3) is 0.700. The molecule has 0 saturated carbocycles. The van der Waals surface area contributed by atoms with E-state index in [4.69, 9.17) is 5.73 Å². The summed E-state index contributed by atoms with van der Waals surface area (Å²) in [6.07, 6.45) is 2.50. The molecular formula is C10H17N3S. The van der Waals surface area contributed by atoms with Crippen molar-refractivity contribution in [1.29, 1.82) is 0 Å². The molecule has 1 aliphatic heterocycles. The number of likely N-dealkylation sites (tertiary alicyclic amines) is 1. The van der Waals surface area contributed by atoms with Crippen molar-refractivity contribution in [2.24, 2.45) is 11.7 Å². The van der Waals surface area contributed by atoms with Gasteiger partial charge >= 0.3 is 0 Å². The van der Waals surface area contributed by atoms with Gasteiger partial charge in [-0.05, 0) is 38.4 Å². The average Bonchev–Trinajstić information content (AvgIpc) is 2.72. The Labute approximate surface area is 88.9 Å². The molecule has 2 rings (SSSR count). The third-order valence-corrected chi connectivity index (χ3v) is 3.54. The molecular weight excluding hydrogens is 194 g/mol. The van der Waals surface area contributed by atoms with Gasteiger partial charge in [0, 0.05) is 11.9 Å². The third kappa shape index (κ3) is 2.53. The monoisotopic (exact) mass is 211 g/mol. The maximum atomic E-state index is 5.66. The van der Waals surface area contributed by atoms with Crippen LogP contribution in [-0.2, 0) is 6.54 Å². The second-order valence-electron chi connectivity index (χ2n) is 3.94. The van der Waals surface area contributed by atoms with Gasteiger partial charge in [-0.15, -0.1) is 11.3 Å². The molecule has 0 amide bonds. The molecule has 0 spiro atoms. The first-order valence-electron chi connectivity index (χ1n) is 5.18. The van der Waals surface area contributed by atoms with Crippen LogP contribution in [0.3, 0.4) is 0 Å².